The summed E-state index contributed by atoms with van der Waals surface area (Å²) in [6.45, 7) is 1.48. The molecule has 5 atom stereocenters. The van der Waals surface area contributed by atoms with E-state index in [-0.39, 0.29) is 39.3 Å². The van der Waals surface area contributed by atoms with Gasteiger partial charge >= 0.3 is 0 Å². The van der Waals surface area contributed by atoms with Crippen LogP contribution in [-0.2, 0) is 4.74 Å². The molecule has 0 saturated carbocycles. The Balaban J connectivity index is 1.72. The topological polar surface area (TPSA) is 170 Å². The van der Waals surface area contributed by atoms with Crippen LogP contribution in [0, 0.1) is 0 Å². The van der Waals surface area contributed by atoms with Gasteiger partial charge in [-0.15, -0.1) is 0 Å². The van der Waals surface area contributed by atoms with Crippen LogP contribution in [0.15, 0.2) is 45.8 Å². The molecule has 1 aromatic heterocycles. The second-order valence-electron chi connectivity index (χ2n) is 7.30. The number of benzene rings is 2. The molecule has 1 fully saturated rings. The minimum absolute atomic E-state index is 0.0123. The van der Waals surface area contributed by atoms with Crippen LogP contribution < -0.4 is 10.2 Å². The normalized spacial score (nSPS) is 26.1. The number of phenolic OH excluding ortho intramolecular Hbond substituents is 3. The predicted octanol–water partition coefficient (Wildman–Crippen LogP) is 0.783. The standard InChI is InChI=1S/C21H20O10/c1-8-17(25)19(27)20(28)21(30-8)31-14-4-9(2-3-12(14)23)11-7-29-15-6-10(22)5-13(24)16(15)18(11)26/h2-8,17,19-25,27-28H,1H3. The van der Waals surface area contributed by atoms with E-state index in [0.29, 0.717) is 0 Å². The Hall–Kier alpha value is -3.31. The molecule has 1 aliphatic heterocycles. The molecule has 5 unspecified atom stereocenters. The maximum Gasteiger partial charge on any atom is 0.229 e. The van der Waals surface area contributed by atoms with E-state index in [1.165, 1.54) is 31.2 Å². The highest BCUT2D eigenvalue weighted by atomic mass is 16.7. The Kier molecular flexibility index (Phi) is 5.23. The number of aromatic hydroxyl groups is 3. The molecular weight excluding hydrogens is 412 g/mol. The Bertz CT molecular complexity index is 1190. The molecule has 31 heavy (non-hydrogen) atoms. The summed E-state index contributed by atoms with van der Waals surface area (Å²) in [5.74, 6) is -1.22. The van der Waals surface area contributed by atoms with Crippen LogP contribution >= 0.6 is 0 Å². The lowest BCUT2D eigenvalue weighted by molar-refractivity contribution is -0.268. The van der Waals surface area contributed by atoms with Gasteiger partial charge in [0.1, 0.15) is 47.0 Å². The number of rotatable bonds is 3. The third-order valence-corrected chi connectivity index (χ3v) is 5.16. The number of aliphatic hydroxyl groups is 3. The number of phenols is 3. The highest BCUT2D eigenvalue weighted by Gasteiger charge is 2.43. The summed E-state index contributed by atoms with van der Waals surface area (Å²) in [5.41, 5.74) is -0.305. The highest BCUT2D eigenvalue weighted by Crippen LogP contribution is 2.35. The van der Waals surface area contributed by atoms with Crippen molar-refractivity contribution in [3.8, 4) is 34.1 Å². The molecule has 2 heterocycles. The van der Waals surface area contributed by atoms with E-state index in [1.54, 1.807) is 0 Å². The van der Waals surface area contributed by atoms with Crippen LogP contribution in [0.5, 0.6) is 23.0 Å². The van der Waals surface area contributed by atoms with Crippen molar-refractivity contribution in [3.05, 3.63) is 46.8 Å². The molecule has 1 aliphatic rings. The fourth-order valence-corrected chi connectivity index (χ4v) is 3.43. The van der Waals surface area contributed by atoms with Crippen LogP contribution in [0.3, 0.4) is 0 Å². The van der Waals surface area contributed by atoms with E-state index in [2.05, 4.69) is 0 Å². The summed E-state index contributed by atoms with van der Waals surface area (Å²) in [6.07, 6.45) is -5.54. The minimum Gasteiger partial charge on any atom is -0.508 e. The fourth-order valence-electron chi connectivity index (χ4n) is 3.43. The molecule has 0 amide bonds. The molecule has 0 radical (unpaired) electrons. The van der Waals surface area contributed by atoms with Gasteiger partial charge in [0.25, 0.3) is 0 Å². The van der Waals surface area contributed by atoms with E-state index in [9.17, 15) is 35.4 Å². The Morgan fingerprint density at radius 1 is 0.935 bits per heavy atom. The molecule has 1 saturated heterocycles. The van der Waals surface area contributed by atoms with E-state index in [1.807, 2.05) is 0 Å². The van der Waals surface area contributed by atoms with Gasteiger partial charge in [0, 0.05) is 12.1 Å². The van der Waals surface area contributed by atoms with Gasteiger partial charge in [0.2, 0.25) is 11.7 Å². The zero-order chi connectivity index (χ0) is 22.4. The van der Waals surface area contributed by atoms with Crippen molar-refractivity contribution in [2.75, 3.05) is 0 Å². The van der Waals surface area contributed by atoms with Crippen LogP contribution in [0.25, 0.3) is 22.1 Å². The van der Waals surface area contributed by atoms with E-state index in [0.717, 1.165) is 12.3 Å². The van der Waals surface area contributed by atoms with Gasteiger partial charge < -0.3 is 44.5 Å². The maximum atomic E-state index is 12.9. The zero-order valence-corrected chi connectivity index (χ0v) is 16.2. The lowest BCUT2D eigenvalue weighted by atomic mass is 10.00. The molecule has 0 aliphatic carbocycles. The van der Waals surface area contributed by atoms with Crippen molar-refractivity contribution < 1.29 is 44.5 Å². The van der Waals surface area contributed by atoms with Crippen molar-refractivity contribution in [1.29, 1.82) is 0 Å². The SMILES string of the molecule is CC1OC(Oc2cc(-c3coc4cc(O)cc(O)c4c3=O)ccc2O)C(O)C(O)C1O. The monoisotopic (exact) mass is 432 g/mol. The van der Waals surface area contributed by atoms with Crippen LogP contribution in [-0.4, -0.2) is 61.3 Å². The Morgan fingerprint density at radius 2 is 1.68 bits per heavy atom. The average Bonchev–Trinajstić information content (AvgIpc) is 2.72. The predicted molar refractivity (Wildman–Crippen MR) is 106 cm³/mol. The molecule has 10 nitrogen and oxygen atoms in total. The maximum absolute atomic E-state index is 12.9. The summed E-state index contributed by atoms with van der Waals surface area (Å²) in [5, 5.41) is 59.5. The number of fused-ring (bicyclic) bond motifs is 1. The minimum atomic E-state index is -1.59. The second kappa shape index (κ2) is 7.75. The summed E-state index contributed by atoms with van der Waals surface area (Å²) < 4.78 is 16.2. The van der Waals surface area contributed by atoms with Gasteiger partial charge in [-0.2, -0.15) is 0 Å². The van der Waals surface area contributed by atoms with Crippen molar-refractivity contribution >= 4 is 11.0 Å². The van der Waals surface area contributed by atoms with Gasteiger partial charge in [-0.1, -0.05) is 6.07 Å². The smallest absolute Gasteiger partial charge is 0.229 e. The highest BCUT2D eigenvalue weighted by molar-refractivity contribution is 5.88. The Morgan fingerprint density at radius 3 is 2.42 bits per heavy atom. The van der Waals surface area contributed by atoms with Crippen molar-refractivity contribution in [3.63, 3.8) is 0 Å². The lowest BCUT2D eigenvalue weighted by Crippen LogP contribution is -2.58. The summed E-state index contributed by atoms with van der Waals surface area (Å²) in [4.78, 5) is 12.9. The lowest BCUT2D eigenvalue weighted by Gasteiger charge is -2.38. The number of aliphatic hydroxyl groups excluding tert-OH is 3. The molecule has 4 rings (SSSR count). The quantitative estimate of drug-likeness (QED) is 0.348. The third kappa shape index (κ3) is 3.66. The van der Waals surface area contributed by atoms with Crippen molar-refractivity contribution in [2.45, 2.75) is 37.6 Å². The molecule has 3 aromatic rings. The van der Waals surface area contributed by atoms with Gasteiger partial charge in [-0.05, 0) is 24.6 Å². The van der Waals surface area contributed by atoms with Gasteiger partial charge in [-0.3, -0.25) is 4.79 Å². The summed E-state index contributed by atoms with van der Waals surface area (Å²) in [6, 6.07) is 6.15. The fraction of sp³-hybridized carbons (Fsp3) is 0.286. The molecule has 6 N–H and O–H groups in total. The molecule has 10 heteroatoms. The van der Waals surface area contributed by atoms with Crippen LogP contribution in [0.2, 0.25) is 0 Å². The Labute approximate surface area is 174 Å². The first-order valence-electron chi connectivity index (χ1n) is 9.34. The zero-order valence-electron chi connectivity index (χ0n) is 16.2. The summed E-state index contributed by atoms with van der Waals surface area (Å²) >= 11 is 0. The van der Waals surface area contributed by atoms with Crippen LogP contribution in [0.1, 0.15) is 6.92 Å². The second-order valence-corrected chi connectivity index (χ2v) is 7.30. The summed E-state index contributed by atoms with van der Waals surface area (Å²) in [7, 11) is 0. The van der Waals surface area contributed by atoms with Crippen molar-refractivity contribution in [1.82, 2.24) is 0 Å². The molecular formula is C21H20O10. The van der Waals surface area contributed by atoms with E-state index < -0.39 is 41.9 Å². The molecule has 0 bridgehead atoms. The first-order chi connectivity index (χ1) is 14.7. The molecule has 0 spiro atoms. The van der Waals surface area contributed by atoms with E-state index >= 15 is 0 Å². The molecule has 164 valence electrons. The molecule has 2 aromatic carbocycles. The number of hydrogen-bond acceptors (Lipinski definition) is 10. The number of ether oxygens (including phenoxy) is 2. The third-order valence-electron chi connectivity index (χ3n) is 5.16. The average molecular weight is 432 g/mol. The largest absolute Gasteiger partial charge is 0.508 e. The van der Waals surface area contributed by atoms with Crippen LogP contribution in [0.4, 0.5) is 0 Å². The van der Waals surface area contributed by atoms with Gasteiger partial charge in [0.15, 0.2) is 11.5 Å². The van der Waals surface area contributed by atoms with Crippen molar-refractivity contribution in [2.24, 2.45) is 0 Å². The van der Waals surface area contributed by atoms with E-state index in [4.69, 9.17) is 13.9 Å². The first-order valence-corrected chi connectivity index (χ1v) is 9.34. The number of hydrogen-bond donors (Lipinski definition) is 6. The van der Waals surface area contributed by atoms with Gasteiger partial charge in [0.05, 0.1) is 11.7 Å². The van der Waals surface area contributed by atoms with Gasteiger partial charge in [-0.25, -0.2) is 0 Å². The first kappa shape index (κ1) is 20.9.